The zero-order chi connectivity index (χ0) is 16.0. The molecule has 0 heterocycles. The maximum Gasteiger partial charge on any atom is 0.403 e. The van der Waals surface area contributed by atoms with E-state index in [0.717, 1.165) is 0 Å². The van der Waals surface area contributed by atoms with Crippen molar-refractivity contribution in [2.45, 2.75) is 24.7 Å². The number of benzene rings is 2. The van der Waals surface area contributed by atoms with Gasteiger partial charge in [-0.3, -0.25) is 0 Å². The molecule has 1 aliphatic rings. The van der Waals surface area contributed by atoms with Crippen LogP contribution in [0.3, 0.4) is 0 Å². The number of hydrogen-bond acceptors (Lipinski definition) is 2. The van der Waals surface area contributed by atoms with E-state index in [1.807, 2.05) is 0 Å². The third kappa shape index (κ3) is 2.11. The number of rotatable bonds is 3. The summed E-state index contributed by atoms with van der Waals surface area (Å²) >= 11 is 5.48. The van der Waals surface area contributed by atoms with Crippen molar-refractivity contribution in [1.29, 1.82) is 0 Å². The number of ether oxygens (including phenoxy) is 1. The minimum absolute atomic E-state index is 0.259. The average Bonchev–Trinajstić information content (AvgIpc) is 2.76. The van der Waals surface area contributed by atoms with E-state index in [2.05, 4.69) is 68.2 Å². The third-order valence-corrected chi connectivity index (χ3v) is 8.10. The number of carbonyl (C=O) groups is 1. The lowest BCUT2D eigenvalue weighted by atomic mass is 9.96. The fourth-order valence-electron chi connectivity index (χ4n) is 3.67. The van der Waals surface area contributed by atoms with Gasteiger partial charge in [-0.15, -0.1) is 0 Å². The van der Waals surface area contributed by atoms with Crippen molar-refractivity contribution in [3.05, 3.63) is 59.7 Å². The molecule has 0 bridgehead atoms. The van der Waals surface area contributed by atoms with Crippen molar-refractivity contribution >= 4 is 25.1 Å². The lowest BCUT2D eigenvalue weighted by molar-refractivity contribution is 0.163. The van der Waals surface area contributed by atoms with Crippen LogP contribution in [0.1, 0.15) is 11.1 Å². The lowest BCUT2D eigenvalue weighted by Gasteiger charge is -2.41. The van der Waals surface area contributed by atoms with Crippen LogP contribution in [-0.2, 0) is 9.78 Å². The first-order valence-corrected chi connectivity index (χ1v) is 11.3. The highest BCUT2D eigenvalue weighted by molar-refractivity contribution is 6.80. The van der Waals surface area contributed by atoms with Crippen LogP contribution in [0.25, 0.3) is 11.1 Å². The van der Waals surface area contributed by atoms with Gasteiger partial charge in [0.2, 0.25) is 0 Å². The van der Waals surface area contributed by atoms with Crippen molar-refractivity contribution in [1.82, 2.24) is 0 Å². The van der Waals surface area contributed by atoms with Gasteiger partial charge in [-0.1, -0.05) is 68.2 Å². The minimum atomic E-state index is -1.78. The standard InChI is InChI=1S/C18H19ClO2Si/c1-22(2,3)18(12-21-17(19)20)15-10-6-4-8-13(15)14-9-5-7-11-16(14)18/h4-11H,12H2,1-3H3. The third-order valence-electron chi connectivity index (χ3n) is 4.75. The van der Waals surface area contributed by atoms with E-state index < -0.39 is 13.5 Å². The molecule has 2 nitrogen and oxygen atoms in total. The first-order chi connectivity index (χ1) is 10.4. The lowest BCUT2D eigenvalue weighted by Crippen LogP contribution is -2.52. The van der Waals surface area contributed by atoms with Gasteiger partial charge in [-0.2, -0.15) is 0 Å². The van der Waals surface area contributed by atoms with Crippen molar-refractivity contribution in [3.8, 4) is 11.1 Å². The quantitative estimate of drug-likeness (QED) is 0.570. The second-order valence-corrected chi connectivity index (χ2v) is 12.4. The topological polar surface area (TPSA) is 26.3 Å². The summed E-state index contributed by atoms with van der Waals surface area (Å²) in [6.45, 7) is 7.24. The molecule has 0 spiro atoms. The Hall–Kier alpha value is -1.58. The van der Waals surface area contributed by atoms with Crippen LogP contribution in [0.4, 0.5) is 4.79 Å². The Balaban J connectivity index is 2.31. The molecular formula is C18H19ClO2Si. The van der Waals surface area contributed by atoms with E-state index in [-0.39, 0.29) is 5.04 Å². The van der Waals surface area contributed by atoms with Crippen molar-refractivity contribution in [2.75, 3.05) is 6.61 Å². The highest BCUT2D eigenvalue weighted by Crippen LogP contribution is 2.53. The van der Waals surface area contributed by atoms with Crippen molar-refractivity contribution in [3.63, 3.8) is 0 Å². The second-order valence-electron chi connectivity index (χ2n) is 6.77. The van der Waals surface area contributed by atoms with Crippen LogP contribution < -0.4 is 0 Å². The van der Waals surface area contributed by atoms with Gasteiger partial charge >= 0.3 is 5.43 Å². The summed E-state index contributed by atoms with van der Waals surface area (Å²) in [4.78, 5) is 11.3. The first-order valence-electron chi connectivity index (χ1n) is 7.39. The molecule has 0 amide bonds. The maximum absolute atomic E-state index is 11.3. The molecule has 3 rings (SSSR count). The molecule has 0 radical (unpaired) electrons. The normalized spacial score (nSPS) is 15.1. The molecule has 2 aromatic rings. The molecule has 0 aromatic heterocycles. The molecule has 22 heavy (non-hydrogen) atoms. The summed E-state index contributed by atoms with van der Waals surface area (Å²) in [6, 6.07) is 16.9. The van der Waals surface area contributed by atoms with Crippen LogP contribution >= 0.6 is 11.6 Å². The Morgan fingerprint density at radius 2 is 1.45 bits per heavy atom. The molecule has 4 heteroatoms. The summed E-state index contributed by atoms with van der Waals surface area (Å²) in [7, 11) is -1.78. The molecule has 0 fully saturated rings. The van der Waals surface area contributed by atoms with Gasteiger partial charge in [-0.25, -0.2) is 4.79 Å². The van der Waals surface area contributed by atoms with Gasteiger partial charge in [0.05, 0.1) is 8.07 Å². The Labute approximate surface area is 137 Å². The second kappa shape index (κ2) is 5.25. The number of hydrogen-bond donors (Lipinski definition) is 0. The Morgan fingerprint density at radius 1 is 1.00 bits per heavy atom. The van der Waals surface area contributed by atoms with Gasteiger partial charge in [0, 0.05) is 16.6 Å². The summed E-state index contributed by atoms with van der Waals surface area (Å²) in [5, 5.41) is -0.259. The maximum atomic E-state index is 11.3. The largest absolute Gasteiger partial charge is 0.453 e. The van der Waals surface area contributed by atoms with E-state index in [0.29, 0.717) is 6.61 Å². The fourth-order valence-corrected chi connectivity index (χ4v) is 6.28. The molecular weight excluding hydrogens is 312 g/mol. The summed E-state index contributed by atoms with van der Waals surface area (Å²) in [6.07, 6.45) is 0. The van der Waals surface area contributed by atoms with Crippen LogP contribution in [0.2, 0.25) is 19.6 Å². The molecule has 0 N–H and O–H groups in total. The van der Waals surface area contributed by atoms with Crippen LogP contribution in [-0.4, -0.2) is 20.1 Å². The zero-order valence-corrected chi connectivity index (χ0v) is 14.8. The zero-order valence-electron chi connectivity index (χ0n) is 13.0. The molecule has 0 saturated carbocycles. The number of carbonyl (C=O) groups excluding carboxylic acids is 1. The highest BCUT2D eigenvalue weighted by atomic mass is 35.5. The van der Waals surface area contributed by atoms with Crippen LogP contribution in [0.15, 0.2) is 48.5 Å². The summed E-state index contributed by atoms with van der Waals surface area (Å²) < 4.78 is 5.33. The molecule has 0 saturated heterocycles. The highest BCUT2D eigenvalue weighted by Gasteiger charge is 2.52. The first kappa shape index (κ1) is 15.3. The van der Waals surface area contributed by atoms with Crippen molar-refractivity contribution in [2.24, 2.45) is 0 Å². The smallest absolute Gasteiger partial charge is 0.403 e. The van der Waals surface area contributed by atoms with E-state index in [1.54, 1.807) is 0 Å². The van der Waals surface area contributed by atoms with Gasteiger partial charge in [0.1, 0.15) is 6.61 Å². The average molecular weight is 331 g/mol. The van der Waals surface area contributed by atoms with E-state index >= 15 is 0 Å². The van der Waals surface area contributed by atoms with Crippen LogP contribution in [0, 0.1) is 0 Å². The van der Waals surface area contributed by atoms with E-state index in [1.165, 1.54) is 22.3 Å². The molecule has 1 aliphatic carbocycles. The summed E-state index contributed by atoms with van der Waals surface area (Å²) in [5.41, 5.74) is 4.26. The molecule has 114 valence electrons. The van der Waals surface area contributed by atoms with Crippen molar-refractivity contribution < 1.29 is 9.53 Å². The molecule has 0 atom stereocenters. The number of halogens is 1. The minimum Gasteiger partial charge on any atom is -0.453 e. The monoisotopic (exact) mass is 330 g/mol. The molecule has 2 aromatic carbocycles. The van der Waals surface area contributed by atoms with Gasteiger partial charge in [-0.05, 0) is 22.3 Å². The Kier molecular flexibility index (Phi) is 3.66. The van der Waals surface area contributed by atoms with Gasteiger partial charge in [0.15, 0.2) is 0 Å². The van der Waals surface area contributed by atoms with Gasteiger partial charge < -0.3 is 4.74 Å². The number of fused-ring (bicyclic) bond motifs is 3. The SMILES string of the molecule is C[Si](C)(C)C1(COC(=O)Cl)c2ccccc2-c2ccccc21. The van der Waals surface area contributed by atoms with E-state index in [4.69, 9.17) is 16.3 Å². The van der Waals surface area contributed by atoms with Gasteiger partial charge in [0.25, 0.3) is 0 Å². The van der Waals surface area contributed by atoms with Crippen LogP contribution in [0.5, 0.6) is 0 Å². The predicted octanol–water partition coefficient (Wildman–Crippen LogP) is 5.21. The summed E-state index contributed by atoms with van der Waals surface area (Å²) in [5.74, 6) is 0. The molecule has 0 aliphatic heterocycles. The Morgan fingerprint density at radius 3 is 1.86 bits per heavy atom. The predicted molar refractivity (Wildman–Crippen MR) is 93.2 cm³/mol. The van der Waals surface area contributed by atoms with E-state index in [9.17, 15) is 4.79 Å². The fraction of sp³-hybridized carbons (Fsp3) is 0.278. The Bertz CT molecular complexity index is 688. The molecule has 0 unspecified atom stereocenters.